The van der Waals surface area contributed by atoms with Gasteiger partial charge in [0.15, 0.2) is 0 Å². The van der Waals surface area contributed by atoms with E-state index in [0.717, 1.165) is 24.2 Å². The molecule has 0 aliphatic rings. The number of carbonyl (C=O) groups is 1. The van der Waals surface area contributed by atoms with Crippen LogP contribution in [0, 0.1) is 5.41 Å². The smallest absolute Gasteiger partial charge is 0.224 e. The van der Waals surface area contributed by atoms with E-state index in [0.29, 0.717) is 6.42 Å². The maximum absolute atomic E-state index is 12.1. The van der Waals surface area contributed by atoms with E-state index >= 15 is 0 Å². The highest BCUT2D eigenvalue weighted by atomic mass is 16.1. The summed E-state index contributed by atoms with van der Waals surface area (Å²) in [6.07, 6.45) is 1.63. The van der Waals surface area contributed by atoms with Crippen molar-refractivity contribution >= 4 is 11.6 Å². The minimum Gasteiger partial charge on any atom is -0.326 e. The lowest BCUT2D eigenvalue weighted by atomic mass is 9.92. The van der Waals surface area contributed by atoms with Gasteiger partial charge in [-0.15, -0.1) is 0 Å². The van der Waals surface area contributed by atoms with Gasteiger partial charge in [0.2, 0.25) is 5.91 Å². The lowest BCUT2D eigenvalue weighted by Crippen LogP contribution is -2.23. The Bertz CT molecular complexity index is 435. The second-order valence-corrected chi connectivity index (χ2v) is 6.55. The Morgan fingerprint density at radius 1 is 1.25 bits per heavy atom. The molecule has 1 aromatic carbocycles. The number of hydrogen-bond donors (Lipinski definition) is 2. The third-order valence-electron chi connectivity index (χ3n) is 3.09. The summed E-state index contributed by atoms with van der Waals surface area (Å²) in [6.45, 7) is 11.5. The zero-order valence-corrected chi connectivity index (χ0v) is 13.4. The van der Waals surface area contributed by atoms with Crippen molar-refractivity contribution in [3.8, 4) is 0 Å². The van der Waals surface area contributed by atoms with Gasteiger partial charge in [-0.05, 0) is 36.9 Å². The molecule has 0 spiro atoms. The van der Waals surface area contributed by atoms with E-state index in [1.54, 1.807) is 0 Å². The monoisotopic (exact) mass is 276 g/mol. The Morgan fingerprint density at radius 3 is 2.50 bits per heavy atom. The predicted molar refractivity (Wildman–Crippen MR) is 85.9 cm³/mol. The summed E-state index contributed by atoms with van der Waals surface area (Å²) in [7, 11) is 0. The van der Waals surface area contributed by atoms with Crippen molar-refractivity contribution in [1.29, 1.82) is 0 Å². The molecule has 0 radical (unpaired) electrons. The SMILES string of the molecule is CCCNC(C)c1ccccc1NC(=O)CC(C)(C)C. The number of rotatable bonds is 6. The minimum absolute atomic E-state index is 0.00506. The van der Waals surface area contributed by atoms with E-state index in [9.17, 15) is 4.79 Å². The second kappa shape index (κ2) is 7.44. The zero-order chi connectivity index (χ0) is 15.2. The normalized spacial score (nSPS) is 13.1. The number of carbonyl (C=O) groups excluding carboxylic acids is 1. The van der Waals surface area contributed by atoms with Crippen LogP contribution in [0.1, 0.15) is 59.1 Å². The van der Waals surface area contributed by atoms with Gasteiger partial charge in [0.1, 0.15) is 0 Å². The first-order valence-corrected chi connectivity index (χ1v) is 7.45. The van der Waals surface area contributed by atoms with E-state index in [-0.39, 0.29) is 17.4 Å². The molecule has 0 bridgehead atoms. The second-order valence-electron chi connectivity index (χ2n) is 6.55. The van der Waals surface area contributed by atoms with Crippen LogP contribution < -0.4 is 10.6 Å². The molecular formula is C17H28N2O. The number of anilines is 1. The van der Waals surface area contributed by atoms with Crippen LogP contribution in [-0.4, -0.2) is 12.5 Å². The van der Waals surface area contributed by atoms with Gasteiger partial charge in [-0.1, -0.05) is 45.9 Å². The van der Waals surface area contributed by atoms with Crippen molar-refractivity contribution in [1.82, 2.24) is 5.32 Å². The van der Waals surface area contributed by atoms with Crippen molar-refractivity contribution in [2.45, 2.75) is 53.5 Å². The molecule has 0 saturated heterocycles. The molecule has 3 heteroatoms. The summed E-state index contributed by atoms with van der Waals surface area (Å²) in [6, 6.07) is 8.25. The largest absolute Gasteiger partial charge is 0.326 e. The lowest BCUT2D eigenvalue weighted by Gasteiger charge is -2.21. The van der Waals surface area contributed by atoms with E-state index < -0.39 is 0 Å². The Balaban J connectivity index is 2.77. The number of para-hydroxylation sites is 1. The van der Waals surface area contributed by atoms with Crippen LogP contribution >= 0.6 is 0 Å². The van der Waals surface area contributed by atoms with E-state index in [1.807, 2.05) is 18.2 Å². The topological polar surface area (TPSA) is 41.1 Å². The first-order chi connectivity index (χ1) is 9.33. The van der Waals surface area contributed by atoms with Crippen LogP contribution in [0.4, 0.5) is 5.69 Å². The first kappa shape index (κ1) is 16.7. The van der Waals surface area contributed by atoms with Crippen LogP contribution in [0.3, 0.4) is 0 Å². The zero-order valence-electron chi connectivity index (χ0n) is 13.4. The van der Waals surface area contributed by atoms with Gasteiger partial charge in [0.05, 0.1) is 0 Å². The van der Waals surface area contributed by atoms with Crippen LogP contribution in [-0.2, 0) is 4.79 Å². The summed E-state index contributed by atoms with van der Waals surface area (Å²) >= 11 is 0. The third-order valence-corrected chi connectivity index (χ3v) is 3.09. The highest BCUT2D eigenvalue weighted by molar-refractivity contribution is 5.91. The van der Waals surface area contributed by atoms with Gasteiger partial charge in [0, 0.05) is 18.2 Å². The fourth-order valence-corrected chi connectivity index (χ4v) is 2.14. The summed E-state index contributed by atoms with van der Waals surface area (Å²) in [5, 5.41) is 6.50. The van der Waals surface area contributed by atoms with Crippen molar-refractivity contribution < 1.29 is 4.79 Å². The number of amides is 1. The van der Waals surface area contributed by atoms with Crippen LogP contribution in [0.25, 0.3) is 0 Å². The lowest BCUT2D eigenvalue weighted by molar-refractivity contribution is -0.117. The van der Waals surface area contributed by atoms with E-state index in [4.69, 9.17) is 0 Å². The molecule has 0 aliphatic heterocycles. The quantitative estimate of drug-likeness (QED) is 0.820. The molecule has 2 N–H and O–H groups in total. The number of benzene rings is 1. The standard InChI is InChI=1S/C17H28N2O/c1-6-11-18-13(2)14-9-7-8-10-15(14)19-16(20)12-17(3,4)5/h7-10,13,18H,6,11-12H2,1-5H3,(H,19,20). The Labute approximate surface area is 123 Å². The molecule has 0 aliphatic carbocycles. The Kier molecular flexibility index (Phi) is 6.21. The van der Waals surface area contributed by atoms with Crippen LogP contribution in [0.5, 0.6) is 0 Å². The molecule has 3 nitrogen and oxygen atoms in total. The van der Waals surface area contributed by atoms with Gasteiger partial charge in [-0.2, -0.15) is 0 Å². The minimum atomic E-state index is 0.00506. The van der Waals surface area contributed by atoms with Gasteiger partial charge < -0.3 is 10.6 Å². The van der Waals surface area contributed by atoms with Crippen molar-refractivity contribution in [2.75, 3.05) is 11.9 Å². The maximum atomic E-state index is 12.1. The van der Waals surface area contributed by atoms with E-state index in [1.165, 1.54) is 0 Å². The molecule has 1 unspecified atom stereocenters. The highest BCUT2D eigenvalue weighted by Crippen LogP contribution is 2.24. The molecule has 0 fully saturated rings. The summed E-state index contributed by atoms with van der Waals surface area (Å²) in [5.74, 6) is 0.0765. The molecule has 0 saturated carbocycles. The van der Waals surface area contributed by atoms with Crippen molar-refractivity contribution in [3.05, 3.63) is 29.8 Å². The van der Waals surface area contributed by atoms with Crippen LogP contribution in [0.2, 0.25) is 0 Å². The van der Waals surface area contributed by atoms with Gasteiger partial charge in [0.25, 0.3) is 0 Å². The molecule has 0 aromatic heterocycles. The summed E-state index contributed by atoms with van der Waals surface area (Å²) in [4.78, 5) is 12.1. The van der Waals surface area contributed by atoms with Crippen LogP contribution in [0.15, 0.2) is 24.3 Å². The molecule has 20 heavy (non-hydrogen) atoms. The van der Waals surface area contributed by atoms with Gasteiger partial charge in [-0.3, -0.25) is 4.79 Å². The number of hydrogen-bond acceptors (Lipinski definition) is 2. The summed E-state index contributed by atoms with van der Waals surface area (Å²) in [5.41, 5.74) is 2.06. The molecule has 1 atom stereocenters. The molecular weight excluding hydrogens is 248 g/mol. The van der Waals surface area contributed by atoms with Gasteiger partial charge >= 0.3 is 0 Å². The Hall–Kier alpha value is -1.35. The predicted octanol–water partition coefficient (Wildman–Crippen LogP) is 4.12. The Morgan fingerprint density at radius 2 is 1.90 bits per heavy atom. The van der Waals surface area contributed by atoms with E-state index in [2.05, 4.69) is 51.3 Å². The fourth-order valence-electron chi connectivity index (χ4n) is 2.14. The maximum Gasteiger partial charge on any atom is 0.224 e. The highest BCUT2D eigenvalue weighted by Gasteiger charge is 2.17. The molecule has 1 aromatic rings. The summed E-state index contributed by atoms with van der Waals surface area (Å²) < 4.78 is 0. The van der Waals surface area contributed by atoms with Gasteiger partial charge in [-0.25, -0.2) is 0 Å². The third kappa shape index (κ3) is 5.74. The molecule has 1 amide bonds. The fraction of sp³-hybridized carbons (Fsp3) is 0.588. The number of nitrogens with one attached hydrogen (secondary N) is 2. The molecule has 0 heterocycles. The van der Waals surface area contributed by atoms with Crippen molar-refractivity contribution in [3.63, 3.8) is 0 Å². The average molecular weight is 276 g/mol. The first-order valence-electron chi connectivity index (χ1n) is 7.45. The molecule has 1 rings (SSSR count). The average Bonchev–Trinajstić information content (AvgIpc) is 2.34. The van der Waals surface area contributed by atoms with Crippen molar-refractivity contribution in [2.24, 2.45) is 5.41 Å². The molecule has 112 valence electrons.